The van der Waals surface area contributed by atoms with Gasteiger partial charge in [0.1, 0.15) is 5.78 Å². The van der Waals surface area contributed by atoms with Gasteiger partial charge in [-0.2, -0.15) is 5.10 Å². The third-order valence-corrected chi connectivity index (χ3v) is 3.34. The Morgan fingerprint density at radius 2 is 2.06 bits per heavy atom. The maximum Gasteiger partial charge on any atom is 0.132 e. The molecule has 0 aliphatic carbocycles. The normalized spacial score (nSPS) is 10.8. The van der Waals surface area contributed by atoms with Gasteiger partial charge in [-0.05, 0) is 25.7 Å². The summed E-state index contributed by atoms with van der Waals surface area (Å²) in [5.74, 6) is 0.349. The number of aromatic nitrogens is 2. The van der Waals surface area contributed by atoms with Crippen LogP contribution < -0.4 is 0 Å². The van der Waals surface area contributed by atoms with Crippen LogP contribution >= 0.6 is 11.6 Å². The largest absolute Gasteiger partial charge is 0.300 e. The summed E-state index contributed by atoms with van der Waals surface area (Å²) in [5, 5.41) is 5.14. The summed E-state index contributed by atoms with van der Waals surface area (Å²) in [6.07, 6.45) is 4.82. The van der Waals surface area contributed by atoms with Gasteiger partial charge in [0.05, 0.1) is 16.4 Å². The molecule has 0 atom stereocenters. The van der Waals surface area contributed by atoms with Crippen LogP contribution in [0.2, 0.25) is 5.02 Å². The van der Waals surface area contributed by atoms with Crippen molar-refractivity contribution < 1.29 is 4.79 Å². The van der Waals surface area contributed by atoms with E-state index in [9.17, 15) is 4.79 Å². The lowest BCUT2D eigenvalue weighted by molar-refractivity contribution is -0.119. The van der Waals surface area contributed by atoms with Crippen molar-refractivity contribution in [3.8, 4) is 0 Å². The molecule has 4 heteroatoms. The number of rotatable bonds is 7. The Kier molecular flexibility index (Phi) is 5.69. The highest BCUT2D eigenvalue weighted by Crippen LogP contribution is 2.22. The molecular weight excluding hydrogens is 236 g/mol. The Bertz CT molecular complexity index is 385. The summed E-state index contributed by atoms with van der Waals surface area (Å²) < 4.78 is 1.84. The first-order valence-electron chi connectivity index (χ1n) is 6.32. The van der Waals surface area contributed by atoms with E-state index in [1.807, 2.05) is 25.6 Å². The highest BCUT2D eigenvalue weighted by Gasteiger charge is 2.12. The van der Waals surface area contributed by atoms with Gasteiger partial charge in [0.25, 0.3) is 0 Å². The van der Waals surface area contributed by atoms with Crippen molar-refractivity contribution in [3.05, 3.63) is 16.4 Å². The van der Waals surface area contributed by atoms with Gasteiger partial charge in [-0.15, -0.1) is 0 Å². The zero-order chi connectivity index (χ0) is 12.8. The van der Waals surface area contributed by atoms with E-state index in [1.165, 1.54) is 0 Å². The van der Waals surface area contributed by atoms with Gasteiger partial charge < -0.3 is 0 Å². The number of hydrogen-bond donors (Lipinski definition) is 0. The Morgan fingerprint density at radius 3 is 2.59 bits per heavy atom. The first-order chi connectivity index (χ1) is 8.10. The zero-order valence-corrected chi connectivity index (χ0v) is 11.7. The number of hydrogen-bond acceptors (Lipinski definition) is 2. The Labute approximate surface area is 108 Å². The Morgan fingerprint density at radius 1 is 1.35 bits per heavy atom. The van der Waals surface area contributed by atoms with Crippen LogP contribution in [0.15, 0.2) is 0 Å². The molecule has 1 aromatic rings. The lowest BCUT2D eigenvalue weighted by Crippen LogP contribution is -2.02. The Hall–Kier alpha value is -0.830. The van der Waals surface area contributed by atoms with E-state index in [-0.39, 0.29) is 0 Å². The molecule has 0 N–H and O–H groups in total. The molecule has 0 bridgehead atoms. The Balaban J connectivity index is 2.52. The number of Topliss-reactive ketones (excluding diaryl/α,β-unsaturated/α-hetero) is 1. The van der Waals surface area contributed by atoms with E-state index in [1.54, 1.807) is 0 Å². The number of carbonyl (C=O) groups excluding carboxylic acids is 1. The third-order valence-electron chi connectivity index (χ3n) is 2.90. The monoisotopic (exact) mass is 256 g/mol. The van der Waals surface area contributed by atoms with Gasteiger partial charge in [0, 0.05) is 19.9 Å². The van der Waals surface area contributed by atoms with Crippen LogP contribution in [0.4, 0.5) is 0 Å². The van der Waals surface area contributed by atoms with Gasteiger partial charge in [-0.25, -0.2) is 0 Å². The van der Waals surface area contributed by atoms with Crippen LogP contribution in [0.5, 0.6) is 0 Å². The topological polar surface area (TPSA) is 34.9 Å². The smallest absolute Gasteiger partial charge is 0.132 e. The molecule has 17 heavy (non-hydrogen) atoms. The summed E-state index contributed by atoms with van der Waals surface area (Å²) in [7, 11) is 1.91. The van der Waals surface area contributed by atoms with Crippen molar-refractivity contribution in [1.29, 1.82) is 0 Å². The first kappa shape index (κ1) is 14.2. The summed E-state index contributed by atoms with van der Waals surface area (Å²) in [6, 6.07) is 0. The molecule has 3 nitrogen and oxygen atoms in total. The van der Waals surface area contributed by atoms with E-state index in [2.05, 4.69) is 5.10 Å². The second-order valence-corrected chi connectivity index (χ2v) is 4.70. The quantitative estimate of drug-likeness (QED) is 0.750. The fraction of sp³-hybridized carbons (Fsp3) is 0.692. The standard InChI is InChI=1S/C13H21ClN2O/c1-4-7-10(17)8-6-9-12-13(14)11(5-2)15-16(12)3/h4-9H2,1-3H3. The van der Waals surface area contributed by atoms with Crippen LogP contribution in [0, 0.1) is 0 Å². The van der Waals surface area contributed by atoms with Crippen molar-refractivity contribution >= 4 is 17.4 Å². The molecule has 0 fully saturated rings. The minimum absolute atomic E-state index is 0.349. The van der Waals surface area contributed by atoms with Crippen LogP contribution in [0.3, 0.4) is 0 Å². The molecule has 1 heterocycles. The summed E-state index contributed by atoms with van der Waals surface area (Å²) in [4.78, 5) is 11.4. The molecule has 0 aliphatic rings. The summed E-state index contributed by atoms with van der Waals surface area (Å²) in [5.41, 5.74) is 2.00. The van der Waals surface area contributed by atoms with Gasteiger partial charge in [-0.3, -0.25) is 9.48 Å². The van der Waals surface area contributed by atoms with E-state index >= 15 is 0 Å². The predicted octanol–water partition coefficient (Wildman–Crippen LogP) is 3.33. The van der Waals surface area contributed by atoms with Crippen LogP contribution in [-0.2, 0) is 24.7 Å². The molecule has 1 aromatic heterocycles. The van der Waals surface area contributed by atoms with Crippen molar-refractivity contribution in [2.45, 2.75) is 52.4 Å². The maximum atomic E-state index is 11.4. The molecule has 1 rings (SSSR count). The van der Waals surface area contributed by atoms with Crippen molar-refractivity contribution in [2.24, 2.45) is 7.05 Å². The first-order valence-corrected chi connectivity index (χ1v) is 6.69. The van der Waals surface area contributed by atoms with Crippen LogP contribution in [0.1, 0.15) is 50.9 Å². The number of ketones is 1. The minimum atomic E-state index is 0.349. The van der Waals surface area contributed by atoms with Gasteiger partial charge >= 0.3 is 0 Å². The van der Waals surface area contributed by atoms with Gasteiger partial charge in [0.15, 0.2) is 0 Å². The number of aryl methyl sites for hydroxylation is 2. The van der Waals surface area contributed by atoms with Crippen LogP contribution in [0.25, 0.3) is 0 Å². The fourth-order valence-corrected chi connectivity index (χ4v) is 2.34. The lowest BCUT2D eigenvalue weighted by atomic mass is 10.1. The van der Waals surface area contributed by atoms with Crippen molar-refractivity contribution in [3.63, 3.8) is 0 Å². The van der Waals surface area contributed by atoms with E-state index in [4.69, 9.17) is 11.6 Å². The van der Waals surface area contributed by atoms with Crippen LogP contribution in [-0.4, -0.2) is 15.6 Å². The molecule has 0 radical (unpaired) electrons. The molecule has 0 saturated heterocycles. The second-order valence-electron chi connectivity index (χ2n) is 4.33. The molecule has 0 aromatic carbocycles. The highest BCUT2D eigenvalue weighted by molar-refractivity contribution is 6.31. The second kappa shape index (κ2) is 6.80. The van der Waals surface area contributed by atoms with E-state index < -0.39 is 0 Å². The SMILES string of the molecule is CCCC(=O)CCCc1c(Cl)c(CC)nn1C. The van der Waals surface area contributed by atoms with Crippen molar-refractivity contribution in [2.75, 3.05) is 0 Å². The van der Waals surface area contributed by atoms with E-state index in [0.29, 0.717) is 18.6 Å². The summed E-state index contributed by atoms with van der Waals surface area (Å²) in [6.45, 7) is 4.08. The number of nitrogens with zero attached hydrogens (tertiary/aromatic N) is 2. The lowest BCUT2D eigenvalue weighted by Gasteiger charge is -2.02. The highest BCUT2D eigenvalue weighted by atomic mass is 35.5. The average Bonchev–Trinajstić information content (AvgIpc) is 2.56. The maximum absolute atomic E-state index is 11.4. The molecule has 0 spiro atoms. The van der Waals surface area contributed by atoms with Gasteiger partial charge in [-0.1, -0.05) is 25.4 Å². The average molecular weight is 257 g/mol. The molecule has 0 saturated carbocycles. The molecule has 0 aliphatic heterocycles. The van der Waals surface area contributed by atoms with Gasteiger partial charge in [0.2, 0.25) is 0 Å². The fourth-order valence-electron chi connectivity index (χ4n) is 1.95. The summed E-state index contributed by atoms with van der Waals surface area (Å²) >= 11 is 6.24. The predicted molar refractivity (Wildman–Crippen MR) is 70.4 cm³/mol. The number of carbonyl (C=O) groups is 1. The molecule has 0 amide bonds. The molecule has 0 unspecified atom stereocenters. The zero-order valence-electron chi connectivity index (χ0n) is 10.9. The molecule has 96 valence electrons. The third kappa shape index (κ3) is 3.84. The number of halogens is 1. The minimum Gasteiger partial charge on any atom is -0.300 e. The van der Waals surface area contributed by atoms with E-state index in [0.717, 1.165) is 42.1 Å². The van der Waals surface area contributed by atoms with Crippen molar-refractivity contribution in [1.82, 2.24) is 9.78 Å². The molecular formula is C13H21ClN2O.